The highest BCUT2D eigenvalue weighted by Gasteiger charge is 2.34. The van der Waals surface area contributed by atoms with Crippen LogP contribution >= 0.6 is 23.4 Å². The van der Waals surface area contributed by atoms with Crippen molar-refractivity contribution in [2.45, 2.75) is 18.7 Å². The molecule has 2 amide bonds. The van der Waals surface area contributed by atoms with Gasteiger partial charge < -0.3 is 5.32 Å². The summed E-state index contributed by atoms with van der Waals surface area (Å²) in [5.41, 5.74) is 4.17. The molecule has 1 heterocycles. The number of hydrogen-bond donors (Lipinski definition) is 1. The number of hydrogen-bond acceptors (Lipinski definition) is 3. The molecule has 152 valence electrons. The first-order valence-corrected chi connectivity index (χ1v) is 11.2. The molecule has 3 aromatic carbocycles. The summed E-state index contributed by atoms with van der Waals surface area (Å²) < 4.78 is 0. The molecule has 0 aromatic heterocycles. The summed E-state index contributed by atoms with van der Waals surface area (Å²) in [5, 5.41) is 3.18. The molecule has 4 nitrogen and oxygen atoms in total. The topological polar surface area (TPSA) is 49.4 Å². The van der Waals surface area contributed by atoms with Crippen LogP contribution in [-0.2, 0) is 11.2 Å². The number of rotatable bonds is 5. The third kappa shape index (κ3) is 4.23. The molecule has 1 unspecified atom stereocenters. The molecule has 30 heavy (non-hydrogen) atoms. The molecule has 3 aromatic rings. The van der Waals surface area contributed by atoms with Crippen LogP contribution in [-0.4, -0.2) is 17.6 Å². The van der Waals surface area contributed by atoms with Crippen molar-refractivity contribution < 1.29 is 9.59 Å². The minimum Gasteiger partial charge on any atom is -0.322 e. The van der Waals surface area contributed by atoms with Crippen molar-refractivity contribution in [3.8, 4) is 0 Å². The third-order valence-corrected chi connectivity index (χ3v) is 6.58. The van der Waals surface area contributed by atoms with E-state index in [-0.39, 0.29) is 17.2 Å². The van der Waals surface area contributed by atoms with Gasteiger partial charge in [-0.25, -0.2) is 0 Å². The molecule has 6 heteroatoms. The van der Waals surface area contributed by atoms with Gasteiger partial charge in [-0.15, -0.1) is 11.8 Å². The van der Waals surface area contributed by atoms with Gasteiger partial charge in [-0.3, -0.25) is 14.5 Å². The Morgan fingerprint density at radius 3 is 2.60 bits per heavy atom. The molecule has 1 saturated heterocycles. The maximum Gasteiger partial charge on any atom is 0.257 e. The Hall–Kier alpha value is -2.76. The number of nitrogens with zero attached hydrogens (tertiary/aromatic N) is 1. The Morgan fingerprint density at radius 1 is 1.10 bits per heavy atom. The number of halogens is 1. The number of carbonyl (C=O) groups is 2. The second kappa shape index (κ2) is 8.94. The molecule has 1 aliphatic rings. The zero-order valence-electron chi connectivity index (χ0n) is 16.5. The Morgan fingerprint density at radius 2 is 1.87 bits per heavy atom. The first kappa shape index (κ1) is 20.5. The van der Waals surface area contributed by atoms with Crippen LogP contribution in [0.1, 0.15) is 33.8 Å². The van der Waals surface area contributed by atoms with Crippen LogP contribution in [0.5, 0.6) is 0 Å². The molecule has 0 aliphatic carbocycles. The fourth-order valence-electron chi connectivity index (χ4n) is 3.46. The molecule has 1 atom stereocenters. The van der Waals surface area contributed by atoms with Crippen molar-refractivity contribution in [3.05, 3.63) is 94.5 Å². The van der Waals surface area contributed by atoms with Gasteiger partial charge in [0.25, 0.3) is 5.91 Å². The summed E-state index contributed by atoms with van der Waals surface area (Å²) in [5.74, 6) is 0.246. The highest BCUT2D eigenvalue weighted by Crippen LogP contribution is 2.42. The normalized spacial score (nSPS) is 16.0. The van der Waals surface area contributed by atoms with E-state index in [1.54, 1.807) is 36.0 Å². The zero-order valence-corrected chi connectivity index (χ0v) is 18.0. The summed E-state index contributed by atoms with van der Waals surface area (Å²) in [6.07, 6.45) is 0.958. The number of carbonyl (C=O) groups excluding carboxylic acids is 2. The molecule has 0 spiro atoms. The Kier molecular flexibility index (Phi) is 6.11. The fourth-order valence-corrected chi connectivity index (χ4v) is 4.84. The van der Waals surface area contributed by atoms with Gasteiger partial charge in [0.15, 0.2) is 0 Å². The lowest BCUT2D eigenvalue weighted by molar-refractivity contribution is -0.115. The van der Waals surface area contributed by atoms with Crippen molar-refractivity contribution in [2.75, 3.05) is 16.0 Å². The first-order chi connectivity index (χ1) is 14.6. The van der Waals surface area contributed by atoms with Crippen molar-refractivity contribution in [1.29, 1.82) is 0 Å². The van der Waals surface area contributed by atoms with Crippen LogP contribution in [0, 0.1) is 0 Å². The zero-order chi connectivity index (χ0) is 21.1. The van der Waals surface area contributed by atoms with Gasteiger partial charge >= 0.3 is 0 Å². The maximum atomic E-state index is 12.6. The second-order valence-corrected chi connectivity index (χ2v) is 8.48. The number of thioether (sulfide) groups is 1. The standard InChI is InChI=1S/C24H21ClN2O2S/c1-2-16-10-12-19(13-11-16)27-22(28)15-30-24(27)17-6-5-7-18(14-17)26-23(29)20-8-3-4-9-21(20)25/h3-14,24H,2,15H2,1H3,(H,26,29). The van der Waals surface area contributed by atoms with Gasteiger partial charge in [-0.2, -0.15) is 0 Å². The van der Waals surface area contributed by atoms with Crippen molar-refractivity contribution in [3.63, 3.8) is 0 Å². The van der Waals surface area contributed by atoms with Gasteiger partial charge in [0.1, 0.15) is 5.37 Å². The van der Waals surface area contributed by atoms with Crippen LogP contribution in [0.15, 0.2) is 72.8 Å². The quantitative estimate of drug-likeness (QED) is 0.539. The monoisotopic (exact) mass is 436 g/mol. The maximum absolute atomic E-state index is 12.6. The predicted molar refractivity (Wildman–Crippen MR) is 124 cm³/mol. The largest absolute Gasteiger partial charge is 0.322 e. The minimum atomic E-state index is -0.264. The van der Waals surface area contributed by atoms with Crippen molar-refractivity contribution >= 4 is 46.6 Å². The average Bonchev–Trinajstić information content (AvgIpc) is 3.15. The molecule has 4 rings (SSSR count). The van der Waals surface area contributed by atoms with E-state index in [2.05, 4.69) is 24.4 Å². The smallest absolute Gasteiger partial charge is 0.257 e. The Bertz CT molecular complexity index is 1080. The highest BCUT2D eigenvalue weighted by atomic mass is 35.5. The average molecular weight is 437 g/mol. The summed E-state index contributed by atoms with van der Waals surface area (Å²) in [4.78, 5) is 27.1. The molecule has 1 fully saturated rings. The summed E-state index contributed by atoms with van der Waals surface area (Å²) >= 11 is 7.72. The summed E-state index contributed by atoms with van der Waals surface area (Å²) in [6.45, 7) is 2.11. The minimum absolute atomic E-state index is 0.0831. The molecular weight excluding hydrogens is 416 g/mol. The van der Waals surface area contributed by atoms with E-state index in [4.69, 9.17) is 11.6 Å². The summed E-state index contributed by atoms with van der Waals surface area (Å²) in [7, 11) is 0. The third-order valence-electron chi connectivity index (χ3n) is 5.04. The number of aryl methyl sites for hydroxylation is 1. The van der Waals surface area contributed by atoms with Gasteiger partial charge in [-0.1, -0.05) is 54.9 Å². The van der Waals surface area contributed by atoms with Crippen LogP contribution in [0.2, 0.25) is 5.02 Å². The van der Waals surface area contributed by atoms with Gasteiger partial charge in [-0.05, 0) is 53.9 Å². The van der Waals surface area contributed by atoms with Gasteiger partial charge in [0.2, 0.25) is 5.91 Å². The molecule has 0 radical (unpaired) electrons. The molecule has 0 saturated carbocycles. The van der Waals surface area contributed by atoms with E-state index < -0.39 is 0 Å². The fraction of sp³-hybridized carbons (Fsp3) is 0.167. The van der Waals surface area contributed by atoms with Gasteiger partial charge in [0, 0.05) is 11.4 Å². The van der Waals surface area contributed by atoms with E-state index in [1.807, 2.05) is 41.3 Å². The molecule has 1 aliphatic heterocycles. The lowest BCUT2D eigenvalue weighted by Crippen LogP contribution is -2.27. The lowest BCUT2D eigenvalue weighted by Gasteiger charge is -2.25. The number of amides is 2. The Balaban J connectivity index is 1.58. The van der Waals surface area contributed by atoms with Crippen LogP contribution in [0.3, 0.4) is 0 Å². The van der Waals surface area contributed by atoms with Crippen LogP contribution < -0.4 is 10.2 Å². The van der Waals surface area contributed by atoms with E-state index in [9.17, 15) is 9.59 Å². The van der Waals surface area contributed by atoms with Crippen LogP contribution in [0.4, 0.5) is 11.4 Å². The SMILES string of the molecule is CCc1ccc(N2C(=O)CSC2c2cccc(NC(=O)c3ccccc3Cl)c2)cc1. The number of anilines is 2. The predicted octanol–water partition coefficient (Wildman–Crippen LogP) is 5.93. The van der Waals surface area contributed by atoms with E-state index in [0.717, 1.165) is 17.7 Å². The number of benzene rings is 3. The molecule has 0 bridgehead atoms. The number of nitrogens with one attached hydrogen (secondary N) is 1. The van der Waals surface area contributed by atoms with Crippen molar-refractivity contribution in [1.82, 2.24) is 0 Å². The van der Waals surface area contributed by atoms with Crippen molar-refractivity contribution in [2.24, 2.45) is 0 Å². The molecular formula is C24H21ClN2O2S. The van der Waals surface area contributed by atoms with Gasteiger partial charge in [0.05, 0.1) is 16.3 Å². The van der Waals surface area contributed by atoms with E-state index in [1.165, 1.54) is 5.56 Å². The highest BCUT2D eigenvalue weighted by molar-refractivity contribution is 8.00. The lowest BCUT2D eigenvalue weighted by atomic mass is 10.1. The molecule has 1 N–H and O–H groups in total. The summed E-state index contributed by atoms with van der Waals surface area (Å²) in [6, 6.07) is 22.7. The first-order valence-electron chi connectivity index (χ1n) is 9.75. The Labute approximate surface area is 185 Å². The van der Waals surface area contributed by atoms with E-state index >= 15 is 0 Å². The second-order valence-electron chi connectivity index (χ2n) is 7.01. The van der Waals surface area contributed by atoms with E-state index in [0.29, 0.717) is 22.0 Å². The van der Waals surface area contributed by atoms with Crippen LogP contribution in [0.25, 0.3) is 0 Å².